The number of nitrogens with zero attached hydrogens (tertiary/aromatic N) is 3. The van der Waals surface area contributed by atoms with E-state index in [0.717, 1.165) is 47.8 Å². The molecule has 3 aromatic rings. The molecule has 2 heterocycles. The molecule has 7 heteroatoms. The second-order valence-electron chi connectivity index (χ2n) is 7.68. The number of hydrogen-bond acceptors (Lipinski definition) is 5. The maximum atomic E-state index is 12.5. The molecule has 1 aliphatic heterocycles. The molecule has 0 saturated heterocycles. The summed E-state index contributed by atoms with van der Waals surface area (Å²) in [6.07, 6.45) is 5.46. The van der Waals surface area contributed by atoms with Gasteiger partial charge in [-0.25, -0.2) is 0 Å². The van der Waals surface area contributed by atoms with Gasteiger partial charge in [0.2, 0.25) is 5.91 Å². The molecular weight excluding hydrogens is 392 g/mol. The highest BCUT2D eigenvalue weighted by molar-refractivity contribution is 5.91. The van der Waals surface area contributed by atoms with Crippen LogP contribution >= 0.6 is 0 Å². The lowest BCUT2D eigenvalue weighted by Crippen LogP contribution is -2.12. The zero-order valence-electron chi connectivity index (χ0n) is 18.1. The Labute approximate surface area is 182 Å². The molecular formula is C24H28N4O3. The van der Waals surface area contributed by atoms with Crippen LogP contribution in [0.15, 0.2) is 42.5 Å². The smallest absolute Gasteiger partial charge is 0.224 e. The van der Waals surface area contributed by atoms with Gasteiger partial charge in [0.05, 0.1) is 14.2 Å². The molecule has 0 spiro atoms. The Morgan fingerprint density at radius 2 is 1.87 bits per heavy atom. The summed E-state index contributed by atoms with van der Waals surface area (Å²) in [5, 5.41) is 11.7. The minimum Gasteiger partial charge on any atom is -0.493 e. The van der Waals surface area contributed by atoms with Crippen LogP contribution in [0.1, 0.15) is 37.1 Å². The Morgan fingerprint density at radius 3 is 2.65 bits per heavy atom. The van der Waals surface area contributed by atoms with Crippen molar-refractivity contribution in [3.05, 3.63) is 53.9 Å². The monoisotopic (exact) mass is 420 g/mol. The second kappa shape index (κ2) is 9.64. The van der Waals surface area contributed by atoms with Crippen LogP contribution in [-0.2, 0) is 24.2 Å². The number of nitrogens with one attached hydrogen (secondary N) is 1. The summed E-state index contributed by atoms with van der Waals surface area (Å²) in [6, 6.07) is 13.5. The Hall–Kier alpha value is -3.35. The molecule has 162 valence electrons. The lowest BCUT2D eigenvalue weighted by atomic mass is 10.1. The first kappa shape index (κ1) is 20.9. The van der Waals surface area contributed by atoms with Gasteiger partial charge in [-0.3, -0.25) is 4.79 Å². The molecule has 0 aliphatic carbocycles. The molecule has 0 radical (unpaired) electrons. The summed E-state index contributed by atoms with van der Waals surface area (Å²) in [7, 11) is 3.21. The number of aryl methyl sites for hydroxylation is 2. The number of carbonyl (C=O) groups excluding carboxylic acids is 1. The first-order valence-electron chi connectivity index (χ1n) is 10.7. The summed E-state index contributed by atoms with van der Waals surface area (Å²) in [4.78, 5) is 12.5. The van der Waals surface area contributed by atoms with Gasteiger partial charge in [0, 0.05) is 30.6 Å². The number of aromatic nitrogens is 3. The number of rotatable bonds is 7. The standard InChI is InChI=1S/C24H28N4O3/c1-30-20-8-6-7-17(23(20)31-2)12-15-22(29)25-19-13-10-18(11-14-19)24-27-26-21-9-4-3-5-16-28(21)24/h6-8,10-11,13-14H,3-5,9,12,15-16H2,1-2H3,(H,25,29). The van der Waals surface area contributed by atoms with E-state index >= 15 is 0 Å². The molecule has 0 atom stereocenters. The van der Waals surface area contributed by atoms with Gasteiger partial charge in [0.25, 0.3) is 0 Å². The van der Waals surface area contributed by atoms with E-state index in [1.54, 1.807) is 14.2 Å². The molecule has 31 heavy (non-hydrogen) atoms. The van der Waals surface area contributed by atoms with Gasteiger partial charge in [-0.05, 0) is 55.2 Å². The Morgan fingerprint density at radius 1 is 1.03 bits per heavy atom. The fourth-order valence-corrected chi connectivity index (χ4v) is 4.02. The summed E-state index contributed by atoms with van der Waals surface area (Å²) < 4.78 is 13.0. The lowest BCUT2D eigenvalue weighted by molar-refractivity contribution is -0.116. The van der Waals surface area contributed by atoms with E-state index in [1.807, 2.05) is 42.5 Å². The van der Waals surface area contributed by atoms with Crippen molar-refractivity contribution in [1.82, 2.24) is 14.8 Å². The number of methoxy groups -OCH3 is 2. The van der Waals surface area contributed by atoms with E-state index in [9.17, 15) is 4.79 Å². The van der Waals surface area contributed by atoms with Gasteiger partial charge in [0.1, 0.15) is 5.82 Å². The topological polar surface area (TPSA) is 78.3 Å². The maximum Gasteiger partial charge on any atom is 0.224 e. The molecule has 1 aromatic heterocycles. The van der Waals surface area contributed by atoms with Gasteiger partial charge in [-0.1, -0.05) is 18.6 Å². The molecule has 0 unspecified atom stereocenters. The van der Waals surface area contributed by atoms with Crippen molar-refractivity contribution in [2.45, 2.75) is 45.1 Å². The summed E-state index contributed by atoms with van der Waals surface area (Å²) in [5.74, 6) is 3.27. The zero-order chi connectivity index (χ0) is 21.6. The number of anilines is 1. The quantitative estimate of drug-likeness (QED) is 0.618. The number of amides is 1. The lowest BCUT2D eigenvalue weighted by Gasteiger charge is -2.12. The van der Waals surface area contributed by atoms with E-state index in [2.05, 4.69) is 20.1 Å². The van der Waals surface area contributed by atoms with Crippen LogP contribution < -0.4 is 14.8 Å². The second-order valence-corrected chi connectivity index (χ2v) is 7.68. The van der Waals surface area contributed by atoms with Crippen molar-refractivity contribution < 1.29 is 14.3 Å². The first-order chi connectivity index (χ1) is 15.2. The maximum absolute atomic E-state index is 12.5. The molecule has 4 rings (SSSR count). The number of hydrogen-bond donors (Lipinski definition) is 1. The summed E-state index contributed by atoms with van der Waals surface area (Å²) in [6.45, 7) is 0.962. The van der Waals surface area contributed by atoms with Crippen LogP contribution in [0.3, 0.4) is 0 Å². The van der Waals surface area contributed by atoms with Gasteiger partial charge in [0.15, 0.2) is 17.3 Å². The SMILES string of the molecule is COc1cccc(CCC(=O)Nc2ccc(-c3nnc4n3CCCCC4)cc2)c1OC. The third-order valence-corrected chi connectivity index (χ3v) is 5.64. The summed E-state index contributed by atoms with van der Waals surface area (Å²) >= 11 is 0. The molecule has 0 saturated carbocycles. The third kappa shape index (κ3) is 4.71. The van der Waals surface area contributed by atoms with Crippen LogP contribution in [0, 0.1) is 0 Å². The van der Waals surface area contributed by atoms with Crippen molar-refractivity contribution in [3.8, 4) is 22.9 Å². The van der Waals surface area contributed by atoms with E-state index in [4.69, 9.17) is 9.47 Å². The Balaban J connectivity index is 1.39. The van der Waals surface area contributed by atoms with E-state index < -0.39 is 0 Å². The van der Waals surface area contributed by atoms with E-state index in [1.165, 1.54) is 12.8 Å². The first-order valence-corrected chi connectivity index (χ1v) is 10.7. The predicted molar refractivity (Wildman–Crippen MR) is 120 cm³/mol. The van der Waals surface area contributed by atoms with Gasteiger partial charge in [-0.15, -0.1) is 10.2 Å². The van der Waals surface area contributed by atoms with Gasteiger partial charge >= 0.3 is 0 Å². The Bertz CT molecular complexity index is 1040. The number of para-hydroxylation sites is 1. The molecule has 0 fully saturated rings. The largest absolute Gasteiger partial charge is 0.493 e. The van der Waals surface area contributed by atoms with Crippen LogP contribution in [0.2, 0.25) is 0 Å². The van der Waals surface area contributed by atoms with Gasteiger partial charge in [-0.2, -0.15) is 0 Å². The molecule has 0 bridgehead atoms. The highest BCUT2D eigenvalue weighted by Crippen LogP contribution is 2.31. The van der Waals surface area contributed by atoms with Crippen LogP contribution in [0.25, 0.3) is 11.4 Å². The van der Waals surface area contributed by atoms with Crippen LogP contribution in [0.4, 0.5) is 5.69 Å². The predicted octanol–water partition coefficient (Wildman–Crippen LogP) is 4.26. The van der Waals surface area contributed by atoms with Crippen molar-refractivity contribution in [2.75, 3.05) is 19.5 Å². The van der Waals surface area contributed by atoms with Gasteiger partial charge < -0.3 is 19.4 Å². The highest BCUT2D eigenvalue weighted by Gasteiger charge is 2.16. The third-order valence-electron chi connectivity index (χ3n) is 5.64. The molecule has 1 amide bonds. The number of ether oxygens (including phenoxy) is 2. The molecule has 1 N–H and O–H groups in total. The minimum atomic E-state index is -0.0473. The number of carbonyl (C=O) groups is 1. The molecule has 7 nitrogen and oxygen atoms in total. The number of benzene rings is 2. The van der Waals surface area contributed by atoms with Crippen molar-refractivity contribution in [1.29, 1.82) is 0 Å². The molecule has 1 aliphatic rings. The Kier molecular flexibility index (Phi) is 6.50. The molecule has 2 aromatic carbocycles. The fourth-order valence-electron chi connectivity index (χ4n) is 4.02. The minimum absolute atomic E-state index is 0.0473. The van der Waals surface area contributed by atoms with E-state index in [0.29, 0.717) is 24.3 Å². The normalized spacial score (nSPS) is 13.2. The fraction of sp³-hybridized carbons (Fsp3) is 0.375. The summed E-state index contributed by atoms with van der Waals surface area (Å²) in [5.41, 5.74) is 2.72. The number of fused-ring (bicyclic) bond motifs is 1. The van der Waals surface area contributed by atoms with Crippen LogP contribution in [0.5, 0.6) is 11.5 Å². The average molecular weight is 421 g/mol. The van der Waals surface area contributed by atoms with Crippen molar-refractivity contribution >= 4 is 11.6 Å². The zero-order valence-corrected chi connectivity index (χ0v) is 18.1. The van der Waals surface area contributed by atoms with Crippen LogP contribution in [-0.4, -0.2) is 34.9 Å². The van der Waals surface area contributed by atoms with Crippen molar-refractivity contribution in [2.24, 2.45) is 0 Å². The highest BCUT2D eigenvalue weighted by atomic mass is 16.5. The average Bonchev–Trinajstić information content (AvgIpc) is 3.05. The van der Waals surface area contributed by atoms with E-state index in [-0.39, 0.29) is 5.91 Å². The van der Waals surface area contributed by atoms with Crippen molar-refractivity contribution in [3.63, 3.8) is 0 Å².